The van der Waals surface area contributed by atoms with Crippen molar-refractivity contribution in [3.8, 4) is 11.5 Å². The van der Waals surface area contributed by atoms with Crippen LogP contribution in [0.15, 0.2) is 29.4 Å². The SMILES string of the molecule is CCSc1cc(C(OC)(OC)OC)cnc1-c1nc2cc(C(F)(F)C(F)(F)F)cnc2n1C.CO. The van der Waals surface area contributed by atoms with Crippen molar-refractivity contribution in [3.05, 3.63) is 35.7 Å². The Bertz CT molecular complexity index is 1140. The number of fused-ring (bicyclic) bond motifs is 1. The lowest BCUT2D eigenvalue weighted by Gasteiger charge is -2.29. The number of thioether (sulfide) groups is 1. The summed E-state index contributed by atoms with van der Waals surface area (Å²) in [4.78, 5) is 13.2. The summed E-state index contributed by atoms with van der Waals surface area (Å²) >= 11 is 1.42. The van der Waals surface area contributed by atoms with Gasteiger partial charge in [-0.05, 0) is 17.9 Å². The van der Waals surface area contributed by atoms with Crippen LogP contribution in [0.3, 0.4) is 0 Å². The van der Waals surface area contributed by atoms with Crippen molar-refractivity contribution in [2.45, 2.75) is 29.9 Å². The Morgan fingerprint density at radius 3 is 2.03 bits per heavy atom. The van der Waals surface area contributed by atoms with Gasteiger partial charge in [0.05, 0.1) is 11.1 Å². The summed E-state index contributed by atoms with van der Waals surface area (Å²) in [6.45, 7) is 1.92. The molecule has 1 N–H and O–H groups in total. The molecule has 3 rings (SSSR count). The minimum Gasteiger partial charge on any atom is -0.400 e. The average molecular weight is 525 g/mol. The molecule has 35 heavy (non-hydrogen) atoms. The number of aliphatic hydroxyl groups excluding tert-OH is 1. The van der Waals surface area contributed by atoms with Crippen molar-refractivity contribution < 1.29 is 41.3 Å². The quantitative estimate of drug-likeness (QED) is 0.263. The summed E-state index contributed by atoms with van der Waals surface area (Å²) < 4.78 is 83.5. The van der Waals surface area contributed by atoms with Crippen LogP contribution in [0.5, 0.6) is 0 Å². The van der Waals surface area contributed by atoms with Crippen molar-refractivity contribution in [2.24, 2.45) is 7.05 Å². The minimum absolute atomic E-state index is 0.118. The lowest BCUT2D eigenvalue weighted by atomic mass is 10.1. The molecule has 0 atom stereocenters. The molecule has 3 aromatic rings. The zero-order valence-corrected chi connectivity index (χ0v) is 20.6. The van der Waals surface area contributed by atoms with Gasteiger partial charge in [-0.2, -0.15) is 22.0 Å². The van der Waals surface area contributed by atoms with Gasteiger partial charge in [-0.1, -0.05) is 6.92 Å². The highest BCUT2D eigenvalue weighted by molar-refractivity contribution is 7.99. The van der Waals surface area contributed by atoms with Gasteiger partial charge in [0.15, 0.2) is 11.5 Å². The van der Waals surface area contributed by atoms with E-state index in [0.29, 0.717) is 34.2 Å². The number of hydrogen-bond acceptors (Lipinski definition) is 8. The number of imidazole rings is 1. The first-order chi connectivity index (χ1) is 16.5. The Balaban J connectivity index is 0.00000210. The number of rotatable bonds is 8. The van der Waals surface area contributed by atoms with Crippen LogP contribution in [0.25, 0.3) is 22.7 Å². The molecule has 0 unspecified atom stereocenters. The number of ether oxygens (including phenoxy) is 3. The fraction of sp³-hybridized carbons (Fsp3) is 0.476. The minimum atomic E-state index is -5.75. The second-order valence-corrected chi connectivity index (χ2v) is 8.11. The molecule has 0 aliphatic heterocycles. The van der Waals surface area contributed by atoms with E-state index in [0.717, 1.165) is 7.11 Å². The van der Waals surface area contributed by atoms with Gasteiger partial charge in [0, 0.05) is 52.8 Å². The number of aliphatic hydroxyl groups is 1. The summed E-state index contributed by atoms with van der Waals surface area (Å²) in [6, 6.07) is 2.41. The van der Waals surface area contributed by atoms with Crippen molar-refractivity contribution >= 4 is 22.9 Å². The highest BCUT2D eigenvalue weighted by Crippen LogP contribution is 2.44. The molecule has 14 heteroatoms. The molecule has 0 aliphatic carbocycles. The Morgan fingerprint density at radius 2 is 1.51 bits per heavy atom. The van der Waals surface area contributed by atoms with E-state index in [1.807, 2.05) is 6.92 Å². The number of halogens is 5. The van der Waals surface area contributed by atoms with E-state index in [2.05, 4.69) is 15.0 Å². The Labute approximate surface area is 202 Å². The van der Waals surface area contributed by atoms with E-state index in [1.165, 1.54) is 43.9 Å². The van der Waals surface area contributed by atoms with Gasteiger partial charge in [-0.15, -0.1) is 11.8 Å². The number of aromatic nitrogens is 4. The van der Waals surface area contributed by atoms with Crippen LogP contribution in [-0.4, -0.2) is 65.0 Å². The maximum Gasteiger partial charge on any atom is 0.458 e. The predicted octanol–water partition coefficient (Wildman–Crippen LogP) is 4.45. The van der Waals surface area contributed by atoms with Gasteiger partial charge in [-0.25, -0.2) is 9.97 Å². The number of hydrogen-bond donors (Lipinski definition) is 1. The molecule has 0 aromatic carbocycles. The fourth-order valence-corrected chi connectivity index (χ4v) is 4.07. The van der Waals surface area contributed by atoms with Crippen LogP contribution in [-0.2, 0) is 33.2 Å². The molecule has 0 saturated heterocycles. The summed E-state index contributed by atoms with van der Waals surface area (Å²) in [6.07, 6.45) is -3.80. The van der Waals surface area contributed by atoms with Crippen LogP contribution < -0.4 is 0 Å². The van der Waals surface area contributed by atoms with Crippen molar-refractivity contribution in [1.82, 2.24) is 19.5 Å². The normalized spacial score (nSPS) is 12.6. The largest absolute Gasteiger partial charge is 0.458 e. The van der Waals surface area contributed by atoms with Crippen molar-refractivity contribution in [1.29, 1.82) is 0 Å². The van der Waals surface area contributed by atoms with E-state index in [9.17, 15) is 22.0 Å². The third-order valence-corrected chi connectivity index (χ3v) is 5.86. The topological polar surface area (TPSA) is 91.5 Å². The summed E-state index contributed by atoms with van der Waals surface area (Å²) in [5.74, 6) is -5.66. The lowest BCUT2D eigenvalue weighted by Crippen LogP contribution is -2.33. The monoisotopic (exact) mass is 524 g/mol. The van der Waals surface area contributed by atoms with E-state index < -0.39 is 23.6 Å². The van der Waals surface area contributed by atoms with Gasteiger partial charge < -0.3 is 23.9 Å². The molecule has 3 aromatic heterocycles. The van der Waals surface area contributed by atoms with E-state index in [1.54, 1.807) is 13.1 Å². The molecule has 0 bridgehead atoms. The molecular weight excluding hydrogens is 499 g/mol. The molecule has 0 saturated carbocycles. The standard InChI is InChI=1S/C20H21F5N4O3S.CH4O/c1-6-33-14-8-12(19(30-3,31-4)32-5)10-26-15(14)17-28-13-7-11(9-27-16(13)29(17)2)18(21,22)20(23,24)25;1-2/h7-10H,6H2,1-5H3;2H,1H3. The average Bonchev–Trinajstić information content (AvgIpc) is 3.17. The van der Waals surface area contributed by atoms with Crippen LogP contribution in [0.2, 0.25) is 0 Å². The van der Waals surface area contributed by atoms with Crippen LogP contribution >= 0.6 is 11.8 Å². The van der Waals surface area contributed by atoms with Crippen LogP contribution in [0.1, 0.15) is 18.1 Å². The molecular formula is C21H25F5N4O4S. The fourth-order valence-electron chi connectivity index (χ4n) is 3.27. The molecule has 8 nitrogen and oxygen atoms in total. The smallest absolute Gasteiger partial charge is 0.400 e. The molecule has 0 amide bonds. The molecule has 0 aliphatic rings. The number of methoxy groups -OCH3 is 3. The molecule has 194 valence electrons. The first kappa shape index (κ1) is 28.8. The lowest BCUT2D eigenvalue weighted by molar-refractivity contribution is -0.364. The van der Waals surface area contributed by atoms with Gasteiger partial charge in [0.2, 0.25) is 0 Å². The predicted molar refractivity (Wildman–Crippen MR) is 119 cm³/mol. The number of aryl methyl sites for hydroxylation is 1. The second kappa shape index (κ2) is 11.1. The van der Waals surface area contributed by atoms with Crippen LogP contribution in [0, 0.1) is 0 Å². The summed E-state index contributed by atoms with van der Waals surface area (Å²) in [7, 11) is 6.77. The van der Waals surface area contributed by atoms with E-state index in [-0.39, 0.29) is 17.0 Å². The van der Waals surface area contributed by atoms with Crippen LogP contribution in [0.4, 0.5) is 22.0 Å². The van der Waals surface area contributed by atoms with Gasteiger partial charge >= 0.3 is 18.1 Å². The molecule has 0 spiro atoms. The third-order valence-electron chi connectivity index (χ3n) is 4.95. The van der Waals surface area contributed by atoms with E-state index in [4.69, 9.17) is 19.3 Å². The third kappa shape index (κ3) is 5.26. The Hall–Kier alpha value is -2.39. The zero-order valence-electron chi connectivity index (χ0n) is 19.8. The highest BCUT2D eigenvalue weighted by atomic mass is 32.2. The summed E-state index contributed by atoms with van der Waals surface area (Å²) in [5, 5.41) is 7.00. The zero-order chi connectivity index (χ0) is 26.6. The molecule has 0 fully saturated rings. The number of pyridine rings is 2. The highest BCUT2D eigenvalue weighted by Gasteiger charge is 2.59. The van der Waals surface area contributed by atoms with Crippen molar-refractivity contribution in [3.63, 3.8) is 0 Å². The maximum absolute atomic E-state index is 13.8. The molecule has 3 heterocycles. The second-order valence-electron chi connectivity index (χ2n) is 6.81. The summed E-state index contributed by atoms with van der Waals surface area (Å²) in [5.41, 5.74) is -0.438. The maximum atomic E-state index is 13.8. The first-order valence-electron chi connectivity index (χ1n) is 9.97. The number of alkyl halides is 5. The van der Waals surface area contributed by atoms with Gasteiger partial charge in [-0.3, -0.25) is 4.98 Å². The van der Waals surface area contributed by atoms with Crippen molar-refractivity contribution in [2.75, 3.05) is 34.2 Å². The van der Waals surface area contributed by atoms with Gasteiger partial charge in [0.1, 0.15) is 11.2 Å². The first-order valence-corrected chi connectivity index (χ1v) is 11.0. The molecule has 0 radical (unpaired) electrons. The Morgan fingerprint density at radius 1 is 0.943 bits per heavy atom. The Kier molecular flexibility index (Phi) is 9.16. The van der Waals surface area contributed by atoms with E-state index >= 15 is 0 Å². The number of nitrogens with zero attached hydrogens (tertiary/aromatic N) is 4. The van der Waals surface area contributed by atoms with Gasteiger partial charge in [0.25, 0.3) is 0 Å².